The molecule has 0 saturated heterocycles. The number of hydrogen-bond donors (Lipinski definition) is 0. The molecule has 1 heteroatoms. The van der Waals surface area contributed by atoms with Crippen molar-refractivity contribution < 1.29 is 0 Å². The van der Waals surface area contributed by atoms with Crippen LogP contribution in [0, 0.1) is 17.8 Å². The van der Waals surface area contributed by atoms with Crippen molar-refractivity contribution in [2.45, 2.75) is 69.4 Å². The van der Waals surface area contributed by atoms with Crippen LogP contribution in [0.5, 0.6) is 0 Å². The van der Waals surface area contributed by atoms with Crippen LogP contribution in [0.1, 0.15) is 57.8 Å². The number of hydrogen-bond acceptors (Lipinski definition) is 0. The van der Waals surface area contributed by atoms with E-state index in [1.165, 1.54) is 38.1 Å². The van der Waals surface area contributed by atoms with Crippen molar-refractivity contribution in [1.29, 1.82) is 0 Å². The first-order valence-corrected chi connectivity index (χ1v) is 10.4. The average molecular weight is 277 g/mol. The summed E-state index contributed by atoms with van der Waals surface area (Å²) < 4.78 is 0. The molecule has 0 aromatic heterocycles. The van der Waals surface area contributed by atoms with Gasteiger partial charge in [0, 0.05) is 9.52 Å². The second-order valence-electron chi connectivity index (χ2n) is 6.95. The summed E-state index contributed by atoms with van der Waals surface area (Å²) in [6.45, 7) is 7.78. The summed E-state index contributed by atoms with van der Waals surface area (Å²) >= 11 is 0. The van der Waals surface area contributed by atoms with Gasteiger partial charge < -0.3 is 0 Å². The van der Waals surface area contributed by atoms with Gasteiger partial charge in [0.05, 0.1) is 0 Å². The maximum Gasteiger partial charge on any atom is 0.0272 e. The molecule has 0 amide bonds. The topological polar surface area (TPSA) is 0 Å². The molecule has 2 rings (SSSR count). The fraction of sp³-hybridized carbons (Fsp3) is 0.778. The minimum Gasteiger partial charge on any atom is -0.103 e. The molecule has 2 fully saturated rings. The normalized spacial score (nSPS) is 36.4. The Kier molecular flexibility index (Phi) is 6.43. The molecule has 0 nitrogen and oxygen atoms in total. The fourth-order valence-corrected chi connectivity index (χ4v) is 6.19. The highest BCUT2D eigenvalue weighted by Crippen LogP contribution is 2.43. The molecule has 2 aliphatic carbocycles. The fourth-order valence-electron chi connectivity index (χ4n) is 4.43. The Morgan fingerprint density at radius 3 is 1.89 bits per heavy atom. The molecule has 0 radical (unpaired) electrons. The van der Waals surface area contributed by atoms with Gasteiger partial charge in [-0.05, 0) is 55.9 Å². The standard InChI is InChI=1S/C18H32Si/c1-3-5-15-6-8-16(9-7-15)17-10-12-18(13-11-17)19-14-4-2/h3-4,15-18H,1-2,5-14,19H2/t15?,16?,17-,18-. The van der Waals surface area contributed by atoms with Gasteiger partial charge in [0.2, 0.25) is 0 Å². The number of rotatable bonds is 6. The highest BCUT2D eigenvalue weighted by atomic mass is 28.2. The third-order valence-corrected chi connectivity index (χ3v) is 8.10. The molecule has 0 unspecified atom stereocenters. The largest absolute Gasteiger partial charge is 0.103 e. The second-order valence-corrected chi connectivity index (χ2v) is 9.26. The lowest BCUT2D eigenvalue weighted by Gasteiger charge is -2.37. The maximum atomic E-state index is 3.89. The maximum absolute atomic E-state index is 3.89. The van der Waals surface area contributed by atoms with Crippen molar-refractivity contribution in [1.82, 2.24) is 0 Å². The van der Waals surface area contributed by atoms with Gasteiger partial charge in [0.1, 0.15) is 0 Å². The van der Waals surface area contributed by atoms with Crippen LogP contribution in [0.25, 0.3) is 0 Å². The van der Waals surface area contributed by atoms with E-state index >= 15 is 0 Å². The van der Waals surface area contributed by atoms with Crippen molar-refractivity contribution in [3.8, 4) is 0 Å². The highest BCUT2D eigenvalue weighted by molar-refractivity contribution is 6.38. The summed E-state index contributed by atoms with van der Waals surface area (Å²) in [4.78, 5) is 0. The summed E-state index contributed by atoms with van der Waals surface area (Å²) in [7, 11) is 0.170. The molecular weight excluding hydrogens is 244 g/mol. The van der Waals surface area contributed by atoms with Crippen LogP contribution in [0.4, 0.5) is 0 Å². The quantitative estimate of drug-likeness (QED) is 0.466. The van der Waals surface area contributed by atoms with Crippen LogP contribution in [0.3, 0.4) is 0 Å². The number of allylic oxidation sites excluding steroid dienone is 2. The van der Waals surface area contributed by atoms with Gasteiger partial charge in [-0.15, -0.1) is 13.2 Å². The Hall–Kier alpha value is -0.303. The van der Waals surface area contributed by atoms with E-state index in [-0.39, 0.29) is 9.52 Å². The van der Waals surface area contributed by atoms with Crippen LogP contribution in [-0.4, -0.2) is 9.52 Å². The van der Waals surface area contributed by atoms with E-state index in [4.69, 9.17) is 0 Å². The Labute approximate surface area is 122 Å². The van der Waals surface area contributed by atoms with E-state index in [9.17, 15) is 0 Å². The SMILES string of the molecule is C=CC[SiH2][C@H]1CC[C@H](C2CCC(CC=C)CC2)CC1. The molecule has 0 aromatic carbocycles. The van der Waals surface area contributed by atoms with Gasteiger partial charge in [-0.1, -0.05) is 43.4 Å². The molecule has 0 aliphatic heterocycles. The highest BCUT2D eigenvalue weighted by Gasteiger charge is 2.30. The Morgan fingerprint density at radius 2 is 1.37 bits per heavy atom. The molecule has 2 saturated carbocycles. The van der Waals surface area contributed by atoms with Crippen molar-refractivity contribution in [2.24, 2.45) is 17.8 Å². The minimum absolute atomic E-state index is 0.170. The molecule has 0 N–H and O–H groups in total. The van der Waals surface area contributed by atoms with Crippen molar-refractivity contribution in [3.05, 3.63) is 25.3 Å². The zero-order valence-corrected chi connectivity index (χ0v) is 14.1. The first-order chi connectivity index (χ1) is 9.33. The summed E-state index contributed by atoms with van der Waals surface area (Å²) in [6.07, 6.45) is 17.7. The van der Waals surface area contributed by atoms with Gasteiger partial charge in [-0.3, -0.25) is 0 Å². The molecule has 2 aliphatic rings. The Bertz CT molecular complexity index is 267. The summed E-state index contributed by atoms with van der Waals surface area (Å²) in [5.41, 5.74) is 1.14. The molecule has 0 bridgehead atoms. The van der Waals surface area contributed by atoms with Gasteiger partial charge in [-0.25, -0.2) is 0 Å². The van der Waals surface area contributed by atoms with E-state index in [2.05, 4.69) is 25.3 Å². The lowest BCUT2D eigenvalue weighted by Crippen LogP contribution is -2.25. The zero-order chi connectivity index (χ0) is 13.5. The Balaban J connectivity index is 1.67. The van der Waals surface area contributed by atoms with Crippen LogP contribution < -0.4 is 0 Å². The van der Waals surface area contributed by atoms with Gasteiger partial charge in [0.15, 0.2) is 0 Å². The minimum atomic E-state index is 0.170. The van der Waals surface area contributed by atoms with Crippen LogP contribution in [0.15, 0.2) is 25.3 Å². The van der Waals surface area contributed by atoms with Crippen molar-refractivity contribution >= 4 is 9.52 Å². The third-order valence-electron chi connectivity index (χ3n) is 5.73. The Morgan fingerprint density at radius 1 is 0.789 bits per heavy atom. The zero-order valence-electron chi connectivity index (χ0n) is 12.7. The average Bonchev–Trinajstić information content (AvgIpc) is 2.47. The molecule has 19 heavy (non-hydrogen) atoms. The predicted octanol–water partition coefficient (Wildman–Crippen LogP) is 5.12. The predicted molar refractivity (Wildman–Crippen MR) is 89.5 cm³/mol. The molecule has 108 valence electrons. The molecule has 0 atom stereocenters. The summed E-state index contributed by atoms with van der Waals surface area (Å²) in [5.74, 6) is 3.12. The smallest absolute Gasteiger partial charge is 0.0272 e. The lowest BCUT2D eigenvalue weighted by molar-refractivity contribution is 0.168. The molecule has 0 heterocycles. The van der Waals surface area contributed by atoms with E-state index in [0.29, 0.717) is 0 Å². The van der Waals surface area contributed by atoms with E-state index in [1.807, 2.05) is 0 Å². The van der Waals surface area contributed by atoms with Crippen LogP contribution in [0.2, 0.25) is 11.6 Å². The second kappa shape index (κ2) is 8.09. The van der Waals surface area contributed by atoms with Gasteiger partial charge in [-0.2, -0.15) is 0 Å². The monoisotopic (exact) mass is 276 g/mol. The first-order valence-electron chi connectivity index (χ1n) is 8.55. The third kappa shape index (κ3) is 4.63. The van der Waals surface area contributed by atoms with Crippen LogP contribution in [-0.2, 0) is 0 Å². The van der Waals surface area contributed by atoms with Gasteiger partial charge in [0.25, 0.3) is 0 Å². The molecule has 0 aromatic rings. The van der Waals surface area contributed by atoms with Crippen LogP contribution >= 0.6 is 0 Å². The van der Waals surface area contributed by atoms with E-state index in [0.717, 1.165) is 23.3 Å². The van der Waals surface area contributed by atoms with E-state index in [1.54, 1.807) is 25.7 Å². The lowest BCUT2D eigenvalue weighted by atomic mass is 9.70. The first kappa shape index (κ1) is 15.1. The summed E-state index contributed by atoms with van der Waals surface area (Å²) in [5, 5.41) is 0. The summed E-state index contributed by atoms with van der Waals surface area (Å²) in [6, 6.07) is 1.36. The van der Waals surface area contributed by atoms with Crippen molar-refractivity contribution in [2.75, 3.05) is 0 Å². The van der Waals surface area contributed by atoms with Gasteiger partial charge >= 0.3 is 0 Å². The van der Waals surface area contributed by atoms with Crippen molar-refractivity contribution in [3.63, 3.8) is 0 Å². The molecule has 0 spiro atoms. The molecular formula is C18H32Si. The van der Waals surface area contributed by atoms with E-state index < -0.39 is 0 Å².